The molecule has 0 aliphatic carbocycles. The molecule has 2 heterocycles. The van der Waals surface area contributed by atoms with Crippen LogP contribution in [0.2, 0.25) is 0 Å². The van der Waals surface area contributed by atoms with Crippen molar-refractivity contribution in [1.82, 2.24) is 25.3 Å². The van der Waals surface area contributed by atoms with Crippen LogP contribution in [-0.2, 0) is 18.2 Å². The van der Waals surface area contributed by atoms with Gasteiger partial charge in [-0.1, -0.05) is 0 Å². The number of hydrogen-bond donors (Lipinski definition) is 2. The van der Waals surface area contributed by atoms with Crippen LogP contribution in [-0.4, -0.2) is 70.6 Å². The number of aromatic nitrogens is 2. The van der Waals surface area contributed by atoms with E-state index in [-0.39, 0.29) is 47.8 Å². The third-order valence-corrected chi connectivity index (χ3v) is 5.80. The summed E-state index contributed by atoms with van der Waals surface area (Å²) in [6.07, 6.45) is 1.45. The monoisotopic (exact) mass is 534 g/mol. The minimum atomic E-state index is -0.0194. The lowest BCUT2D eigenvalue weighted by atomic mass is 10.0. The Bertz CT molecular complexity index is 692. The van der Waals surface area contributed by atoms with Crippen LogP contribution in [0.25, 0.3) is 0 Å². The molecular weight excluding hydrogens is 491 g/mol. The van der Waals surface area contributed by atoms with Crippen molar-refractivity contribution >= 4 is 29.9 Å². The van der Waals surface area contributed by atoms with Gasteiger partial charge in [0.25, 0.3) is 0 Å². The molecule has 0 radical (unpaired) electrons. The van der Waals surface area contributed by atoms with Crippen molar-refractivity contribution in [3.63, 3.8) is 0 Å². The van der Waals surface area contributed by atoms with Crippen molar-refractivity contribution in [3.05, 3.63) is 17.0 Å². The Morgan fingerprint density at radius 1 is 1.27 bits per heavy atom. The Morgan fingerprint density at radius 3 is 2.37 bits per heavy atom. The third-order valence-electron chi connectivity index (χ3n) is 5.80. The number of halogens is 1. The number of nitrogens with zero attached hydrogens (tertiary/aromatic N) is 4. The van der Waals surface area contributed by atoms with Gasteiger partial charge >= 0.3 is 0 Å². The minimum Gasteiger partial charge on any atom is -0.373 e. The first-order valence-corrected chi connectivity index (χ1v) is 11.0. The Labute approximate surface area is 200 Å². The van der Waals surface area contributed by atoms with E-state index >= 15 is 0 Å². The fourth-order valence-corrected chi connectivity index (χ4v) is 4.07. The molecule has 0 spiro atoms. The summed E-state index contributed by atoms with van der Waals surface area (Å²) in [5.74, 6) is 0.877. The number of rotatable bonds is 7. The fourth-order valence-electron chi connectivity index (χ4n) is 4.07. The molecule has 3 unspecified atom stereocenters. The van der Waals surface area contributed by atoms with Gasteiger partial charge in [0.2, 0.25) is 0 Å². The van der Waals surface area contributed by atoms with E-state index in [0.29, 0.717) is 0 Å². The van der Waals surface area contributed by atoms with E-state index < -0.39 is 0 Å². The molecule has 174 valence electrons. The van der Waals surface area contributed by atoms with Crippen molar-refractivity contribution in [1.29, 1.82) is 0 Å². The van der Waals surface area contributed by atoms with Crippen molar-refractivity contribution in [2.24, 2.45) is 12.0 Å². The summed E-state index contributed by atoms with van der Waals surface area (Å²) in [4.78, 5) is 7.44. The lowest BCUT2D eigenvalue weighted by molar-refractivity contribution is -0.0939. The highest BCUT2D eigenvalue weighted by atomic mass is 127. The van der Waals surface area contributed by atoms with Crippen LogP contribution in [0.4, 0.5) is 0 Å². The van der Waals surface area contributed by atoms with Crippen LogP contribution >= 0.6 is 24.0 Å². The predicted molar refractivity (Wildman–Crippen MR) is 136 cm³/mol. The number of morpholine rings is 1. The summed E-state index contributed by atoms with van der Waals surface area (Å²) in [6.45, 7) is 20.9. The first-order valence-electron chi connectivity index (χ1n) is 11.0. The molecule has 1 aromatic heterocycles. The molecule has 2 rings (SSSR count). The van der Waals surface area contributed by atoms with Crippen LogP contribution < -0.4 is 10.6 Å². The van der Waals surface area contributed by atoms with E-state index in [1.54, 1.807) is 0 Å². The Balaban J connectivity index is 0.00000450. The molecule has 1 fully saturated rings. The molecular formula is C22H43IN6O. The van der Waals surface area contributed by atoms with Crippen molar-refractivity contribution in [3.8, 4) is 0 Å². The number of guanidine groups is 1. The zero-order valence-corrected chi connectivity index (χ0v) is 22.7. The summed E-state index contributed by atoms with van der Waals surface area (Å²) in [6, 6.07) is 0.265. The molecule has 7 nitrogen and oxygen atoms in total. The molecule has 0 aromatic carbocycles. The van der Waals surface area contributed by atoms with Gasteiger partial charge in [-0.05, 0) is 67.4 Å². The SMILES string of the molecule is CCNC(=NCC(C)(C)N1CC(C)OC(C)C1)NC(C)Cc1c(C)nn(C)c1C.I. The second kappa shape index (κ2) is 11.7. The van der Waals surface area contributed by atoms with E-state index in [0.717, 1.165) is 44.3 Å². The van der Waals surface area contributed by atoms with E-state index in [2.05, 4.69) is 76.0 Å². The number of hydrogen-bond acceptors (Lipinski definition) is 4. The van der Waals surface area contributed by atoms with Gasteiger partial charge in [0.15, 0.2) is 5.96 Å². The van der Waals surface area contributed by atoms with Crippen molar-refractivity contribution < 1.29 is 4.74 Å². The summed E-state index contributed by atoms with van der Waals surface area (Å²) in [7, 11) is 2.00. The Kier molecular flexibility index (Phi) is 10.6. The Hall–Kier alpha value is -0.870. The lowest BCUT2D eigenvalue weighted by Gasteiger charge is -2.44. The standard InChI is InChI=1S/C22H42N6O.HI/c1-10-23-21(25-15(2)11-20-18(5)26-27(9)19(20)6)24-14-22(7,8)28-12-16(3)29-17(4)13-28;/h15-17H,10-14H2,1-9H3,(H2,23,24,25);1H. The molecule has 1 aromatic rings. The Morgan fingerprint density at radius 2 is 1.87 bits per heavy atom. The zero-order chi connectivity index (χ0) is 21.8. The molecule has 8 heteroatoms. The molecule has 0 bridgehead atoms. The molecule has 1 aliphatic rings. The van der Waals surface area contributed by atoms with Gasteiger partial charge in [-0.15, -0.1) is 24.0 Å². The number of ether oxygens (including phenoxy) is 1. The highest BCUT2D eigenvalue weighted by molar-refractivity contribution is 14.0. The van der Waals surface area contributed by atoms with E-state index in [4.69, 9.17) is 9.73 Å². The highest BCUT2D eigenvalue weighted by Gasteiger charge is 2.33. The van der Waals surface area contributed by atoms with Gasteiger partial charge < -0.3 is 15.4 Å². The minimum absolute atomic E-state index is 0. The van der Waals surface area contributed by atoms with Crippen molar-refractivity contribution in [2.45, 2.75) is 85.6 Å². The molecule has 1 saturated heterocycles. The number of aliphatic imine (C=N–C) groups is 1. The highest BCUT2D eigenvalue weighted by Crippen LogP contribution is 2.21. The predicted octanol–water partition coefficient (Wildman–Crippen LogP) is 3.03. The largest absolute Gasteiger partial charge is 0.373 e. The van der Waals surface area contributed by atoms with Crippen molar-refractivity contribution in [2.75, 3.05) is 26.2 Å². The summed E-state index contributed by atoms with van der Waals surface area (Å²) in [5, 5.41) is 11.5. The van der Waals surface area contributed by atoms with Crippen LogP contribution in [0.3, 0.4) is 0 Å². The molecule has 1 aliphatic heterocycles. The first-order chi connectivity index (χ1) is 13.5. The van der Waals surface area contributed by atoms with Gasteiger partial charge in [-0.25, -0.2) is 0 Å². The summed E-state index contributed by atoms with van der Waals surface area (Å²) in [5.41, 5.74) is 3.64. The quantitative estimate of drug-likeness (QED) is 0.320. The maximum Gasteiger partial charge on any atom is 0.191 e. The molecule has 0 saturated carbocycles. The van der Waals surface area contributed by atoms with E-state index in [9.17, 15) is 0 Å². The van der Waals surface area contributed by atoms with Gasteiger partial charge in [-0.2, -0.15) is 5.10 Å². The number of aryl methyl sites for hydroxylation is 2. The fraction of sp³-hybridized carbons (Fsp3) is 0.818. The third kappa shape index (κ3) is 7.37. The molecule has 30 heavy (non-hydrogen) atoms. The maximum absolute atomic E-state index is 5.90. The summed E-state index contributed by atoms with van der Waals surface area (Å²) < 4.78 is 7.86. The average molecular weight is 535 g/mol. The van der Waals surface area contributed by atoms with Gasteiger partial charge in [0, 0.05) is 44.0 Å². The smallest absolute Gasteiger partial charge is 0.191 e. The molecule has 3 atom stereocenters. The van der Waals surface area contributed by atoms with Gasteiger partial charge in [0.05, 0.1) is 24.4 Å². The van der Waals surface area contributed by atoms with Crippen LogP contribution in [0.5, 0.6) is 0 Å². The summed E-state index contributed by atoms with van der Waals surface area (Å²) >= 11 is 0. The molecule has 2 N–H and O–H groups in total. The van der Waals surface area contributed by atoms with Gasteiger partial charge in [0.1, 0.15) is 0 Å². The maximum atomic E-state index is 5.90. The lowest BCUT2D eigenvalue weighted by Crippen LogP contribution is -2.56. The van der Waals surface area contributed by atoms with Crippen LogP contribution in [0, 0.1) is 13.8 Å². The average Bonchev–Trinajstić information content (AvgIpc) is 2.85. The van der Waals surface area contributed by atoms with E-state index in [1.807, 2.05) is 11.7 Å². The second-order valence-corrected chi connectivity index (χ2v) is 9.19. The van der Waals surface area contributed by atoms with Gasteiger partial charge in [-0.3, -0.25) is 14.6 Å². The normalized spacial score (nSPS) is 21.8. The zero-order valence-electron chi connectivity index (χ0n) is 20.4. The van der Waals surface area contributed by atoms with E-state index in [1.165, 1.54) is 11.3 Å². The van der Waals surface area contributed by atoms with Crippen LogP contribution in [0.15, 0.2) is 4.99 Å². The molecule has 0 amide bonds. The first kappa shape index (κ1) is 27.2. The second-order valence-electron chi connectivity index (χ2n) is 9.19. The van der Waals surface area contributed by atoms with Crippen LogP contribution in [0.1, 0.15) is 58.5 Å². The topological polar surface area (TPSA) is 66.7 Å². The number of nitrogens with one attached hydrogen (secondary N) is 2.